The van der Waals surface area contributed by atoms with Gasteiger partial charge in [0.2, 0.25) is 0 Å². The fourth-order valence-electron chi connectivity index (χ4n) is 2.14. The Morgan fingerprint density at radius 1 is 1.00 bits per heavy atom. The van der Waals surface area contributed by atoms with E-state index in [4.69, 9.17) is 0 Å². The normalized spacial score (nSPS) is 10.7. The molecule has 0 saturated carbocycles. The predicted octanol–water partition coefficient (Wildman–Crippen LogP) is 4.09. The molecule has 0 aliphatic rings. The predicted molar refractivity (Wildman–Crippen MR) is 76.8 cm³/mol. The minimum absolute atomic E-state index is 0.846. The lowest BCUT2D eigenvalue weighted by molar-refractivity contribution is 1.15. The van der Waals surface area contributed by atoms with Crippen LogP contribution >= 0.6 is 0 Å². The Hall–Kier alpha value is -2.22. The topological polar surface area (TPSA) is 27.8 Å². The van der Waals surface area contributed by atoms with Crippen molar-refractivity contribution in [3.63, 3.8) is 0 Å². The molecule has 0 spiro atoms. The van der Waals surface area contributed by atoms with E-state index in [1.165, 1.54) is 22.0 Å². The number of hydrogen-bond donors (Lipinski definition) is 2. The van der Waals surface area contributed by atoms with Crippen LogP contribution in [-0.4, -0.2) is 4.98 Å². The highest BCUT2D eigenvalue weighted by Gasteiger charge is 2.00. The highest BCUT2D eigenvalue weighted by molar-refractivity contribution is 5.90. The Morgan fingerprint density at radius 3 is 2.67 bits per heavy atom. The van der Waals surface area contributed by atoms with Gasteiger partial charge in [0.1, 0.15) is 0 Å². The van der Waals surface area contributed by atoms with Gasteiger partial charge in [-0.25, -0.2) is 0 Å². The first kappa shape index (κ1) is 10.9. The van der Waals surface area contributed by atoms with Gasteiger partial charge in [0.25, 0.3) is 0 Å². The number of rotatable bonds is 3. The van der Waals surface area contributed by atoms with Crippen LogP contribution in [0.1, 0.15) is 11.1 Å². The number of nitrogens with one attached hydrogen (secondary N) is 2. The molecule has 2 nitrogen and oxygen atoms in total. The molecule has 0 saturated heterocycles. The summed E-state index contributed by atoms with van der Waals surface area (Å²) in [6.07, 6.45) is 1.97. The van der Waals surface area contributed by atoms with E-state index in [1.54, 1.807) is 0 Å². The largest absolute Gasteiger partial charge is 0.379 e. The lowest BCUT2D eigenvalue weighted by Crippen LogP contribution is -1.99. The minimum atomic E-state index is 0.846. The molecule has 0 aliphatic heterocycles. The van der Waals surface area contributed by atoms with Gasteiger partial charge in [-0.1, -0.05) is 42.0 Å². The number of fused-ring (bicyclic) bond motifs is 1. The van der Waals surface area contributed by atoms with Crippen LogP contribution < -0.4 is 5.32 Å². The van der Waals surface area contributed by atoms with E-state index in [0.717, 1.165) is 12.2 Å². The summed E-state index contributed by atoms with van der Waals surface area (Å²) in [6, 6.07) is 17.0. The number of aromatic nitrogens is 1. The molecule has 0 atom stereocenters. The van der Waals surface area contributed by atoms with Crippen molar-refractivity contribution in [2.24, 2.45) is 0 Å². The number of H-pyrrole nitrogens is 1. The zero-order valence-electron chi connectivity index (χ0n) is 10.4. The van der Waals surface area contributed by atoms with Gasteiger partial charge >= 0.3 is 0 Å². The maximum atomic E-state index is 3.48. The highest BCUT2D eigenvalue weighted by Crippen LogP contribution is 2.22. The van der Waals surface area contributed by atoms with Crippen molar-refractivity contribution < 1.29 is 0 Å². The third kappa shape index (κ3) is 2.09. The molecule has 0 unspecified atom stereocenters. The van der Waals surface area contributed by atoms with Gasteiger partial charge in [-0.05, 0) is 24.6 Å². The average Bonchev–Trinajstić information content (AvgIpc) is 2.87. The Morgan fingerprint density at radius 2 is 1.83 bits per heavy atom. The molecule has 90 valence electrons. The van der Waals surface area contributed by atoms with Gasteiger partial charge in [-0.3, -0.25) is 0 Å². The fourth-order valence-corrected chi connectivity index (χ4v) is 2.14. The van der Waals surface area contributed by atoms with Crippen molar-refractivity contribution in [3.05, 3.63) is 65.9 Å². The molecule has 3 rings (SSSR count). The molecule has 1 heterocycles. The van der Waals surface area contributed by atoms with Crippen LogP contribution in [-0.2, 0) is 6.54 Å². The molecule has 3 aromatic rings. The summed E-state index contributed by atoms with van der Waals surface area (Å²) in [5, 5.41) is 4.72. The smallest absolute Gasteiger partial charge is 0.0689 e. The molecule has 0 radical (unpaired) electrons. The minimum Gasteiger partial charge on any atom is -0.379 e. The first-order valence-corrected chi connectivity index (χ1v) is 6.18. The molecular weight excluding hydrogens is 220 g/mol. The fraction of sp³-hybridized carbons (Fsp3) is 0.125. The van der Waals surface area contributed by atoms with Gasteiger partial charge in [0, 0.05) is 18.1 Å². The van der Waals surface area contributed by atoms with Gasteiger partial charge in [0.15, 0.2) is 0 Å². The molecule has 2 N–H and O–H groups in total. The Labute approximate surface area is 107 Å². The Bertz CT molecular complexity index is 650. The van der Waals surface area contributed by atoms with E-state index >= 15 is 0 Å². The van der Waals surface area contributed by atoms with E-state index < -0.39 is 0 Å². The van der Waals surface area contributed by atoms with Crippen molar-refractivity contribution in [1.29, 1.82) is 0 Å². The molecule has 0 bridgehead atoms. The second-order valence-electron chi connectivity index (χ2n) is 4.59. The second kappa shape index (κ2) is 4.57. The molecule has 2 aromatic carbocycles. The lowest BCUT2D eigenvalue weighted by Gasteiger charge is -2.08. The van der Waals surface area contributed by atoms with Gasteiger partial charge in [-0.2, -0.15) is 0 Å². The summed E-state index contributed by atoms with van der Waals surface area (Å²) in [4.78, 5) is 3.27. The van der Waals surface area contributed by atoms with Gasteiger partial charge in [-0.15, -0.1) is 0 Å². The van der Waals surface area contributed by atoms with Crippen molar-refractivity contribution >= 4 is 16.6 Å². The Balaban J connectivity index is 1.80. The van der Waals surface area contributed by atoms with Crippen LogP contribution in [0, 0.1) is 6.92 Å². The molecular formula is C16H16N2. The quantitative estimate of drug-likeness (QED) is 0.704. The van der Waals surface area contributed by atoms with Crippen LogP contribution in [0.3, 0.4) is 0 Å². The number of aromatic amines is 1. The maximum absolute atomic E-state index is 3.48. The number of benzene rings is 2. The first-order chi connectivity index (χ1) is 8.83. The number of aryl methyl sites for hydroxylation is 1. The SMILES string of the molecule is Cc1ccc(CNc2cccc3cc[nH]c23)cc1. The third-order valence-electron chi connectivity index (χ3n) is 3.19. The van der Waals surface area contributed by atoms with Crippen molar-refractivity contribution in [2.45, 2.75) is 13.5 Å². The van der Waals surface area contributed by atoms with Crippen LogP contribution in [0.4, 0.5) is 5.69 Å². The molecule has 1 aromatic heterocycles. The standard InChI is InChI=1S/C16H16N2/c1-12-5-7-13(8-6-12)11-18-15-4-2-3-14-9-10-17-16(14)15/h2-10,17-18H,11H2,1H3. The number of anilines is 1. The van der Waals surface area contributed by atoms with Crippen molar-refractivity contribution in [3.8, 4) is 0 Å². The van der Waals surface area contributed by atoms with E-state index in [2.05, 4.69) is 65.8 Å². The van der Waals surface area contributed by atoms with Crippen LogP contribution in [0.2, 0.25) is 0 Å². The van der Waals surface area contributed by atoms with Crippen LogP contribution in [0.15, 0.2) is 54.7 Å². The van der Waals surface area contributed by atoms with Gasteiger partial charge < -0.3 is 10.3 Å². The summed E-state index contributed by atoms with van der Waals surface area (Å²) in [6.45, 7) is 2.95. The zero-order valence-corrected chi connectivity index (χ0v) is 10.4. The van der Waals surface area contributed by atoms with Crippen LogP contribution in [0.25, 0.3) is 10.9 Å². The number of para-hydroxylation sites is 1. The summed E-state index contributed by atoms with van der Waals surface area (Å²) in [5.74, 6) is 0. The van der Waals surface area contributed by atoms with E-state index in [0.29, 0.717) is 0 Å². The molecule has 0 fully saturated rings. The highest BCUT2D eigenvalue weighted by atomic mass is 14.9. The molecule has 2 heteroatoms. The average molecular weight is 236 g/mol. The molecule has 0 aliphatic carbocycles. The molecule has 18 heavy (non-hydrogen) atoms. The zero-order chi connectivity index (χ0) is 12.4. The van der Waals surface area contributed by atoms with Gasteiger partial charge in [0.05, 0.1) is 11.2 Å². The van der Waals surface area contributed by atoms with E-state index in [-0.39, 0.29) is 0 Å². The molecule has 0 amide bonds. The monoisotopic (exact) mass is 236 g/mol. The Kier molecular flexibility index (Phi) is 2.77. The van der Waals surface area contributed by atoms with Crippen molar-refractivity contribution in [2.75, 3.05) is 5.32 Å². The van der Waals surface area contributed by atoms with E-state index in [9.17, 15) is 0 Å². The summed E-state index contributed by atoms with van der Waals surface area (Å²) in [5.41, 5.74) is 4.91. The van der Waals surface area contributed by atoms with Crippen LogP contribution in [0.5, 0.6) is 0 Å². The summed E-state index contributed by atoms with van der Waals surface area (Å²) >= 11 is 0. The summed E-state index contributed by atoms with van der Waals surface area (Å²) in [7, 11) is 0. The van der Waals surface area contributed by atoms with E-state index in [1.807, 2.05) is 6.20 Å². The summed E-state index contributed by atoms with van der Waals surface area (Å²) < 4.78 is 0. The third-order valence-corrected chi connectivity index (χ3v) is 3.19. The van der Waals surface area contributed by atoms with Crippen molar-refractivity contribution in [1.82, 2.24) is 4.98 Å². The second-order valence-corrected chi connectivity index (χ2v) is 4.59. The number of hydrogen-bond acceptors (Lipinski definition) is 1. The first-order valence-electron chi connectivity index (χ1n) is 6.18. The lowest BCUT2D eigenvalue weighted by atomic mass is 10.1. The maximum Gasteiger partial charge on any atom is 0.0689 e.